The predicted octanol–water partition coefficient (Wildman–Crippen LogP) is 1.72. The number of ether oxygens (including phenoxy) is 1. The molecule has 22 heavy (non-hydrogen) atoms. The molecule has 0 aliphatic carbocycles. The summed E-state index contributed by atoms with van der Waals surface area (Å²) in [6.07, 6.45) is 3.81. The fraction of sp³-hybridized carbons (Fsp3) is 0.667. The number of nitrogens with one attached hydrogen (secondary N) is 2. The Morgan fingerprint density at radius 3 is 2.95 bits per heavy atom. The summed E-state index contributed by atoms with van der Waals surface area (Å²) in [5.74, 6) is 0.288. The summed E-state index contributed by atoms with van der Waals surface area (Å²) in [5.41, 5.74) is 0.311. The number of amides is 1. The Bertz CT molecular complexity index is 498. The number of hydrogen-bond donors (Lipinski definition) is 2. The fourth-order valence-electron chi connectivity index (χ4n) is 2.46. The number of esters is 1. The van der Waals surface area contributed by atoms with Crippen LogP contribution in [0.25, 0.3) is 0 Å². The minimum absolute atomic E-state index is 0.0476. The van der Waals surface area contributed by atoms with E-state index in [0.29, 0.717) is 31.2 Å². The summed E-state index contributed by atoms with van der Waals surface area (Å²) >= 11 is 1.36. The van der Waals surface area contributed by atoms with Gasteiger partial charge in [0.2, 0.25) is 5.91 Å². The molecule has 1 aromatic heterocycles. The first-order valence-electron chi connectivity index (χ1n) is 7.78. The average Bonchev–Trinajstić information content (AvgIpc) is 3.01. The highest BCUT2D eigenvalue weighted by molar-refractivity contribution is 7.09. The molecule has 1 aliphatic rings. The van der Waals surface area contributed by atoms with E-state index in [-0.39, 0.29) is 5.91 Å². The zero-order chi connectivity index (χ0) is 15.8. The van der Waals surface area contributed by atoms with Crippen LogP contribution in [0.4, 0.5) is 0 Å². The molecule has 122 valence electrons. The van der Waals surface area contributed by atoms with Crippen molar-refractivity contribution in [1.82, 2.24) is 15.6 Å². The van der Waals surface area contributed by atoms with Crippen molar-refractivity contribution in [2.45, 2.75) is 39.2 Å². The van der Waals surface area contributed by atoms with Gasteiger partial charge in [0.05, 0.1) is 13.2 Å². The molecule has 0 bridgehead atoms. The molecule has 0 atom stereocenters. The molecule has 6 nitrogen and oxygen atoms in total. The minimum atomic E-state index is -0.415. The van der Waals surface area contributed by atoms with E-state index in [2.05, 4.69) is 15.6 Å². The van der Waals surface area contributed by atoms with E-state index in [1.807, 2.05) is 0 Å². The summed E-state index contributed by atoms with van der Waals surface area (Å²) in [4.78, 5) is 27.5. The van der Waals surface area contributed by atoms with Crippen molar-refractivity contribution in [3.05, 3.63) is 16.1 Å². The lowest BCUT2D eigenvalue weighted by Crippen LogP contribution is -2.29. The second-order valence-corrected chi connectivity index (χ2v) is 6.30. The van der Waals surface area contributed by atoms with Crippen molar-refractivity contribution in [3.8, 4) is 0 Å². The van der Waals surface area contributed by atoms with E-state index in [1.54, 1.807) is 12.3 Å². The molecule has 0 aromatic carbocycles. The molecule has 0 spiro atoms. The van der Waals surface area contributed by atoms with Crippen LogP contribution in [0.1, 0.15) is 48.1 Å². The van der Waals surface area contributed by atoms with Gasteiger partial charge >= 0.3 is 5.97 Å². The van der Waals surface area contributed by atoms with Crippen molar-refractivity contribution in [1.29, 1.82) is 0 Å². The van der Waals surface area contributed by atoms with Crippen LogP contribution in [0.5, 0.6) is 0 Å². The van der Waals surface area contributed by atoms with Crippen LogP contribution in [-0.4, -0.2) is 36.6 Å². The Morgan fingerprint density at radius 2 is 2.23 bits per heavy atom. The number of aromatic nitrogens is 1. The average molecular weight is 325 g/mol. The fourth-order valence-corrected chi connectivity index (χ4v) is 3.16. The lowest BCUT2D eigenvalue weighted by atomic mass is 9.93. The summed E-state index contributed by atoms with van der Waals surface area (Å²) in [5, 5.41) is 8.57. The number of piperidine rings is 1. The molecule has 2 N–H and O–H groups in total. The molecule has 7 heteroatoms. The molecule has 0 unspecified atom stereocenters. The van der Waals surface area contributed by atoms with Gasteiger partial charge < -0.3 is 15.4 Å². The highest BCUT2D eigenvalue weighted by Gasteiger charge is 2.15. The molecular formula is C15H23N3O3S. The lowest BCUT2D eigenvalue weighted by Gasteiger charge is -2.22. The van der Waals surface area contributed by atoms with E-state index in [0.717, 1.165) is 37.4 Å². The van der Waals surface area contributed by atoms with Gasteiger partial charge in [-0.15, -0.1) is 11.3 Å². The van der Waals surface area contributed by atoms with E-state index >= 15 is 0 Å². The van der Waals surface area contributed by atoms with Gasteiger partial charge in [-0.2, -0.15) is 0 Å². The van der Waals surface area contributed by atoms with Gasteiger partial charge in [0.1, 0.15) is 5.01 Å². The maximum Gasteiger partial charge on any atom is 0.357 e. The summed E-state index contributed by atoms with van der Waals surface area (Å²) in [6, 6.07) is 0. The van der Waals surface area contributed by atoms with Crippen LogP contribution in [0, 0.1) is 5.92 Å². The first-order chi connectivity index (χ1) is 10.7. The highest BCUT2D eigenvalue weighted by Crippen LogP contribution is 2.17. The van der Waals surface area contributed by atoms with E-state index in [4.69, 9.17) is 4.74 Å². The number of hydrogen-bond acceptors (Lipinski definition) is 6. The van der Waals surface area contributed by atoms with Crippen molar-refractivity contribution >= 4 is 23.2 Å². The highest BCUT2D eigenvalue weighted by atomic mass is 32.1. The SMILES string of the molecule is CCOC(=O)c1csc(CNC(=O)CCC2CCNCC2)n1. The van der Waals surface area contributed by atoms with Gasteiger partial charge in [-0.25, -0.2) is 9.78 Å². The Hall–Kier alpha value is -1.47. The topological polar surface area (TPSA) is 80.3 Å². The zero-order valence-corrected chi connectivity index (χ0v) is 13.7. The van der Waals surface area contributed by atoms with Gasteiger partial charge in [0.15, 0.2) is 5.69 Å². The zero-order valence-electron chi connectivity index (χ0n) is 12.9. The van der Waals surface area contributed by atoms with Crippen LogP contribution in [-0.2, 0) is 16.1 Å². The van der Waals surface area contributed by atoms with Crippen LogP contribution >= 0.6 is 11.3 Å². The first kappa shape index (κ1) is 16.9. The molecule has 1 saturated heterocycles. The van der Waals surface area contributed by atoms with E-state index in [1.165, 1.54) is 11.3 Å². The Labute approximate surface area is 134 Å². The second-order valence-electron chi connectivity index (χ2n) is 5.36. The maximum absolute atomic E-state index is 11.9. The molecule has 2 rings (SSSR count). The molecular weight excluding hydrogens is 302 g/mol. The molecule has 2 heterocycles. The monoisotopic (exact) mass is 325 g/mol. The normalized spacial score (nSPS) is 15.5. The molecule has 1 aliphatic heterocycles. The number of carbonyl (C=O) groups excluding carboxylic acids is 2. The smallest absolute Gasteiger partial charge is 0.357 e. The minimum Gasteiger partial charge on any atom is -0.461 e. The van der Waals surface area contributed by atoms with Gasteiger partial charge in [-0.05, 0) is 45.2 Å². The molecule has 0 saturated carbocycles. The molecule has 1 amide bonds. The van der Waals surface area contributed by atoms with E-state index in [9.17, 15) is 9.59 Å². The Kier molecular flexibility index (Phi) is 6.79. The van der Waals surface area contributed by atoms with Gasteiger partial charge in [0, 0.05) is 11.8 Å². The molecule has 0 radical (unpaired) electrons. The van der Waals surface area contributed by atoms with Crippen molar-refractivity contribution < 1.29 is 14.3 Å². The lowest BCUT2D eigenvalue weighted by molar-refractivity contribution is -0.121. The Morgan fingerprint density at radius 1 is 1.45 bits per heavy atom. The number of carbonyl (C=O) groups is 2. The number of thiazole rings is 1. The van der Waals surface area contributed by atoms with E-state index < -0.39 is 5.97 Å². The van der Waals surface area contributed by atoms with Crippen molar-refractivity contribution in [3.63, 3.8) is 0 Å². The standard InChI is InChI=1S/C15H23N3O3S/c1-2-21-15(20)12-10-22-14(18-12)9-17-13(19)4-3-11-5-7-16-8-6-11/h10-11,16H,2-9H2,1H3,(H,17,19). The quantitative estimate of drug-likeness (QED) is 0.746. The third-order valence-electron chi connectivity index (χ3n) is 3.71. The van der Waals surface area contributed by atoms with Gasteiger partial charge in [-0.1, -0.05) is 0 Å². The second kappa shape index (κ2) is 8.85. The van der Waals surface area contributed by atoms with Crippen LogP contribution in [0.15, 0.2) is 5.38 Å². The van der Waals surface area contributed by atoms with Crippen molar-refractivity contribution in [2.24, 2.45) is 5.92 Å². The third kappa shape index (κ3) is 5.38. The van der Waals surface area contributed by atoms with Gasteiger partial charge in [0.25, 0.3) is 0 Å². The summed E-state index contributed by atoms with van der Waals surface area (Å²) in [7, 11) is 0. The summed E-state index contributed by atoms with van der Waals surface area (Å²) in [6.45, 7) is 4.58. The molecule has 1 aromatic rings. The summed E-state index contributed by atoms with van der Waals surface area (Å²) < 4.78 is 4.89. The first-order valence-corrected chi connectivity index (χ1v) is 8.66. The predicted molar refractivity (Wildman–Crippen MR) is 84.7 cm³/mol. The van der Waals surface area contributed by atoms with Gasteiger partial charge in [-0.3, -0.25) is 4.79 Å². The number of rotatable bonds is 7. The molecule has 1 fully saturated rings. The van der Waals surface area contributed by atoms with Crippen molar-refractivity contribution in [2.75, 3.05) is 19.7 Å². The van der Waals surface area contributed by atoms with Crippen LogP contribution in [0.2, 0.25) is 0 Å². The maximum atomic E-state index is 11.9. The number of nitrogens with zero attached hydrogens (tertiary/aromatic N) is 1. The van der Waals surface area contributed by atoms with Crippen LogP contribution < -0.4 is 10.6 Å². The largest absolute Gasteiger partial charge is 0.461 e. The van der Waals surface area contributed by atoms with Crippen LogP contribution in [0.3, 0.4) is 0 Å². The third-order valence-corrected chi connectivity index (χ3v) is 4.56. The Balaban J connectivity index is 1.68.